The van der Waals surface area contributed by atoms with Crippen LogP contribution in [0, 0.1) is 0 Å². The predicted molar refractivity (Wildman–Crippen MR) is 85.9 cm³/mol. The van der Waals surface area contributed by atoms with Crippen molar-refractivity contribution in [3.63, 3.8) is 0 Å². The maximum Gasteiger partial charge on any atom is 0.335 e. The van der Waals surface area contributed by atoms with E-state index in [2.05, 4.69) is 26.1 Å². The largest absolute Gasteiger partial charge is 0.478 e. The molecule has 0 heterocycles. The van der Waals surface area contributed by atoms with Gasteiger partial charge < -0.3 is 20.2 Å². The summed E-state index contributed by atoms with van der Waals surface area (Å²) in [5.41, 5.74) is 0.572. The van der Waals surface area contributed by atoms with Crippen LogP contribution < -0.4 is 5.32 Å². The van der Waals surface area contributed by atoms with Crippen LogP contribution in [0.15, 0.2) is 22.7 Å². The zero-order valence-electron chi connectivity index (χ0n) is 12.4. The molecule has 2 N–H and O–H groups in total. The molecule has 0 atom stereocenters. The topological polar surface area (TPSA) is 72.9 Å². The number of carboxylic acids is 1. The molecule has 1 aromatic carbocycles. The third-order valence-corrected chi connectivity index (χ3v) is 3.59. The first kappa shape index (κ1) is 17.5. The third kappa shape index (κ3) is 5.73. The average molecular weight is 358 g/mol. The van der Waals surface area contributed by atoms with Gasteiger partial charge in [0.25, 0.3) is 0 Å². The molecule has 0 aliphatic heterocycles. The van der Waals surface area contributed by atoms with Gasteiger partial charge in [-0.25, -0.2) is 9.59 Å². The highest BCUT2D eigenvalue weighted by Gasteiger charge is 2.12. The molecular formula is C14H20BrN3O3. The molecule has 116 valence electrons. The number of urea groups is 1. The Morgan fingerprint density at radius 2 is 1.90 bits per heavy atom. The number of rotatable bonds is 6. The van der Waals surface area contributed by atoms with Gasteiger partial charge in [0.1, 0.15) is 0 Å². The number of carbonyl (C=O) groups excluding carboxylic acids is 1. The second-order valence-electron chi connectivity index (χ2n) is 5.01. The first-order valence-corrected chi connectivity index (χ1v) is 7.30. The summed E-state index contributed by atoms with van der Waals surface area (Å²) < 4.78 is 0.641. The first-order valence-electron chi connectivity index (χ1n) is 6.51. The zero-order valence-corrected chi connectivity index (χ0v) is 14.0. The second-order valence-corrected chi connectivity index (χ2v) is 5.86. The molecule has 0 spiro atoms. The summed E-state index contributed by atoms with van der Waals surface area (Å²) in [5, 5.41) is 11.7. The van der Waals surface area contributed by atoms with Gasteiger partial charge in [0.2, 0.25) is 0 Å². The van der Waals surface area contributed by atoms with Crippen LogP contribution in [0.5, 0.6) is 0 Å². The van der Waals surface area contributed by atoms with Crippen LogP contribution in [0.25, 0.3) is 0 Å². The molecule has 1 rings (SSSR count). The molecule has 0 aliphatic rings. The summed E-state index contributed by atoms with van der Waals surface area (Å²) in [4.78, 5) is 26.6. The molecule has 0 radical (unpaired) electrons. The molecule has 1 aromatic rings. The van der Waals surface area contributed by atoms with Crippen LogP contribution in [0.4, 0.5) is 10.5 Å². The van der Waals surface area contributed by atoms with E-state index in [1.807, 2.05) is 14.1 Å². The fourth-order valence-electron chi connectivity index (χ4n) is 1.69. The summed E-state index contributed by atoms with van der Waals surface area (Å²) >= 11 is 3.30. The van der Waals surface area contributed by atoms with E-state index in [-0.39, 0.29) is 11.6 Å². The number of halogens is 1. The van der Waals surface area contributed by atoms with Crippen LogP contribution >= 0.6 is 15.9 Å². The molecule has 0 saturated carbocycles. The average Bonchev–Trinajstić information content (AvgIpc) is 2.40. The lowest BCUT2D eigenvalue weighted by Crippen LogP contribution is -2.33. The van der Waals surface area contributed by atoms with Crippen molar-refractivity contribution in [2.45, 2.75) is 6.42 Å². The van der Waals surface area contributed by atoms with Crippen molar-refractivity contribution < 1.29 is 14.7 Å². The van der Waals surface area contributed by atoms with Crippen LogP contribution in [0.2, 0.25) is 0 Å². The Kier molecular flexibility index (Phi) is 6.64. The number of nitrogens with one attached hydrogen (secondary N) is 1. The fourth-order valence-corrected chi connectivity index (χ4v) is 2.04. The van der Waals surface area contributed by atoms with Gasteiger partial charge in [0.15, 0.2) is 0 Å². The van der Waals surface area contributed by atoms with E-state index in [9.17, 15) is 9.59 Å². The maximum atomic E-state index is 12.1. The number of amides is 2. The molecule has 0 unspecified atom stereocenters. The number of anilines is 1. The quantitative estimate of drug-likeness (QED) is 0.820. The molecule has 21 heavy (non-hydrogen) atoms. The van der Waals surface area contributed by atoms with Gasteiger partial charge in [-0.1, -0.05) is 0 Å². The van der Waals surface area contributed by atoms with Crippen LogP contribution in [0.1, 0.15) is 16.8 Å². The van der Waals surface area contributed by atoms with Crippen molar-refractivity contribution >= 4 is 33.6 Å². The Bertz CT molecular complexity index is 520. The van der Waals surface area contributed by atoms with Crippen LogP contribution in [0.3, 0.4) is 0 Å². The number of hydrogen-bond donors (Lipinski definition) is 2. The standard InChI is InChI=1S/C14H20BrN3O3/c1-17(2)7-4-8-18(3)14(21)16-12-9-10(13(19)20)5-6-11(12)15/h5-6,9H,4,7-8H2,1-3H3,(H,16,21)(H,19,20). The van der Waals surface area contributed by atoms with E-state index in [0.717, 1.165) is 13.0 Å². The Balaban J connectivity index is 2.65. The SMILES string of the molecule is CN(C)CCCN(C)C(=O)Nc1cc(C(=O)O)ccc1Br. The number of benzene rings is 1. The number of aromatic carboxylic acids is 1. The number of carboxylic acid groups (broad SMARTS) is 1. The lowest BCUT2D eigenvalue weighted by molar-refractivity contribution is 0.0697. The monoisotopic (exact) mass is 357 g/mol. The lowest BCUT2D eigenvalue weighted by Gasteiger charge is -2.19. The van der Waals surface area contributed by atoms with Gasteiger partial charge in [0, 0.05) is 18.1 Å². The smallest absolute Gasteiger partial charge is 0.335 e. The second kappa shape index (κ2) is 7.99. The molecule has 0 bridgehead atoms. The number of carbonyl (C=O) groups is 2. The Labute approximate surface area is 132 Å². The Morgan fingerprint density at radius 1 is 1.24 bits per heavy atom. The van der Waals surface area contributed by atoms with E-state index in [4.69, 9.17) is 5.11 Å². The van der Waals surface area contributed by atoms with Gasteiger partial charge >= 0.3 is 12.0 Å². The van der Waals surface area contributed by atoms with Gasteiger partial charge in [-0.3, -0.25) is 0 Å². The van der Waals surface area contributed by atoms with Crippen molar-refractivity contribution in [3.8, 4) is 0 Å². The highest BCUT2D eigenvalue weighted by Crippen LogP contribution is 2.24. The van der Waals surface area contributed by atoms with Crippen molar-refractivity contribution in [1.29, 1.82) is 0 Å². The number of hydrogen-bond acceptors (Lipinski definition) is 3. The van der Waals surface area contributed by atoms with Gasteiger partial charge in [0.05, 0.1) is 11.3 Å². The molecule has 0 aliphatic carbocycles. The molecule has 7 heteroatoms. The van der Waals surface area contributed by atoms with Gasteiger partial charge in [-0.2, -0.15) is 0 Å². The van der Waals surface area contributed by atoms with Crippen molar-refractivity contribution in [3.05, 3.63) is 28.2 Å². The highest BCUT2D eigenvalue weighted by molar-refractivity contribution is 9.10. The van der Waals surface area contributed by atoms with Crippen molar-refractivity contribution in [1.82, 2.24) is 9.80 Å². The molecular weight excluding hydrogens is 338 g/mol. The summed E-state index contributed by atoms with van der Waals surface area (Å²) in [6.45, 7) is 1.52. The van der Waals surface area contributed by atoms with E-state index < -0.39 is 5.97 Å². The van der Waals surface area contributed by atoms with E-state index in [1.54, 1.807) is 18.0 Å². The van der Waals surface area contributed by atoms with E-state index in [0.29, 0.717) is 16.7 Å². The normalized spacial score (nSPS) is 10.5. The summed E-state index contributed by atoms with van der Waals surface area (Å²) in [5.74, 6) is -1.03. The summed E-state index contributed by atoms with van der Waals surface area (Å²) in [6, 6.07) is 4.24. The first-order chi connectivity index (χ1) is 9.81. The minimum atomic E-state index is -1.03. The van der Waals surface area contributed by atoms with Crippen LogP contribution in [-0.4, -0.2) is 61.1 Å². The van der Waals surface area contributed by atoms with Gasteiger partial charge in [-0.15, -0.1) is 0 Å². The molecule has 0 fully saturated rings. The lowest BCUT2D eigenvalue weighted by atomic mass is 10.2. The number of nitrogens with zero attached hydrogens (tertiary/aromatic N) is 2. The zero-order chi connectivity index (χ0) is 16.0. The predicted octanol–water partition coefficient (Wildman–Crippen LogP) is 2.56. The van der Waals surface area contributed by atoms with E-state index >= 15 is 0 Å². The van der Waals surface area contributed by atoms with Crippen molar-refractivity contribution in [2.75, 3.05) is 39.5 Å². The summed E-state index contributed by atoms with van der Waals surface area (Å²) in [6.07, 6.45) is 0.868. The van der Waals surface area contributed by atoms with Crippen LogP contribution in [-0.2, 0) is 0 Å². The highest BCUT2D eigenvalue weighted by atomic mass is 79.9. The maximum absolute atomic E-state index is 12.1. The minimum Gasteiger partial charge on any atom is -0.478 e. The molecule has 0 saturated heterocycles. The van der Waals surface area contributed by atoms with E-state index in [1.165, 1.54) is 12.1 Å². The molecule has 6 nitrogen and oxygen atoms in total. The summed E-state index contributed by atoms with van der Waals surface area (Å²) in [7, 11) is 5.67. The fraction of sp³-hybridized carbons (Fsp3) is 0.429. The van der Waals surface area contributed by atoms with Crippen molar-refractivity contribution in [2.24, 2.45) is 0 Å². The Morgan fingerprint density at radius 3 is 2.48 bits per heavy atom. The Hall–Kier alpha value is -1.60. The minimum absolute atomic E-state index is 0.128. The molecule has 0 aromatic heterocycles. The molecule has 2 amide bonds. The third-order valence-electron chi connectivity index (χ3n) is 2.90. The van der Waals surface area contributed by atoms with Gasteiger partial charge in [-0.05, 0) is 61.2 Å².